The van der Waals surface area contributed by atoms with Gasteiger partial charge >= 0.3 is 5.97 Å². The number of aliphatic hydroxyl groups is 2. The molecule has 3 saturated heterocycles. The van der Waals surface area contributed by atoms with Crippen LogP contribution in [0.4, 0.5) is 0 Å². The van der Waals surface area contributed by atoms with Crippen molar-refractivity contribution < 1.29 is 34.0 Å². The summed E-state index contributed by atoms with van der Waals surface area (Å²) in [5.74, 6) is -1.22. The molecule has 5 aliphatic rings. The molecule has 4 aliphatic heterocycles. The van der Waals surface area contributed by atoms with E-state index in [4.69, 9.17) is 18.9 Å². The van der Waals surface area contributed by atoms with Gasteiger partial charge in [-0.25, -0.2) is 0 Å². The van der Waals surface area contributed by atoms with E-state index in [0.29, 0.717) is 35.8 Å². The third kappa shape index (κ3) is 5.65. The van der Waals surface area contributed by atoms with Crippen LogP contribution in [0.5, 0.6) is 0 Å². The van der Waals surface area contributed by atoms with Gasteiger partial charge in [-0.3, -0.25) is 4.79 Å². The second-order valence-electron chi connectivity index (χ2n) is 13.4. The van der Waals surface area contributed by atoms with Crippen LogP contribution in [0.2, 0.25) is 0 Å². The molecule has 0 radical (unpaired) electrons. The Balaban J connectivity index is 1.51. The van der Waals surface area contributed by atoms with Gasteiger partial charge < -0.3 is 29.2 Å². The molecular weight excluding hydrogens is 508 g/mol. The molecule has 7 heteroatoms. The fraction of sp³-hybridized carbons (Fsp3) is 0.727. The van der Waals surface area contributed by atoms with Gasteiger partial charge in [-0.2, -0.15) is 0 Å². The number of fused-ring (bicyclic) bond motifs is 2. The highest BCUT2D eigenvalue weighted by molar-refractivity contribution is 5.78. The molecule has 2 N–H and O–H groups in total. The van der Waals surface area contributed by atoms with Crippen LogP contribution in [0, 0.1) is 23.7 Å². The number of ether oxygens (including phenoxy) is 4. The summed E-state index contributed by atoms with van der Waals surface area (Å²) in [6, 6.07) is 0. The first-order chi connectivity index (χ1) is 18.9. The second kappa shape index (κ2) is 11.5. The van der Waals surface area contributed by atoms with Crippen LogP contribution in [0.1, 0.15) is 80.1 Å². The zero-order chi connectivity index (χ0) is 28.8. The lowest BCUT2D eigenvalue weighted by Gasteiger charge is -2.50. The molecule has 1 aliphatic carbocycles. The number of hydrogen-bond acceptors (Lipinski definition) is 7. The smallest absolute Gasteiger partial charge is 0.316 e. The molecule has 0 aromatic heterocycles. The molecule has 0 amide bonds. The number of rotatable bonds is 1. The molecule has 7 nitrogen and oxygen atoms in total. The Kier molecular flexibility index (Phi) is 8.53. The van der Waals surface area contributed by atoms with Crippen LogP contribution < -0.4 is 0 Å². The molecule has 0 aromatic carbocycles. The monoisotopic (exact) mass is 556 g/mol. The predicted molar refractivity (Wildman–Crippen MR) is 152 cm³/mol. The van der Waals surface area contributed by atoms with Gasteiger partial charge in [-0.15, -0.1) is 0 Å². The zero-order valence-corrected chi connectivity index (χ0v) is 25.0. The van der Waals surface area contributed by atoms with E-state index in [1.165, 1.54) is 5.57 Å². The van der Waals surface area contributed by atoms with Crippen molar-refractivity contribution in [1.29, 1.82) is 0 Å². The molecule has 40 heavy (non-hydrogen) atoms. The summed E-state index contributed by atoms with van der Waals surface area (Å²) in [6.07, 6.45) is 11.8. The van der Waals surface area contributed by atoms with Crippen molar-refractivity contribution in [2.24, 2.45) is 23.7 Å². The summed E-state index contributed by atoms with van der Waals surface area (Å²) >= 11 is 0. The fourth-order valence-electron chi connectivity index (χ4n) is 7.48. The van der Waals surface area contributed by atoms with Gasteiger partial charge in [-0.1, -0.05) is 63.6 Å². The van der Waals surface area contributed by atoms with Crippen molar-refractivity contribution in [3.05, 3.63) is 47.1 Å². The minimum absolute atomic E-state index is 0.0712. The average Bonchev–Trinajstić information content (AvgIpc) is 3.23. The highest BCUT2D eigenvalue weighted by Gasteiger charge is 2.60. The fourth-order valence-corrected chi connectivity index (χ4v) is 7.48. The van der Waals surface area contributed by atoms with E-state index in [0.717, 1.165) is 25.7 Å². The van der Waals surface area contributed by atoms with E-state index in [1.807, 2.05) is 12.2 Å². The molecule has 0 unspecified atom stereocenters. The highest BCUT2D eigenvalue weighted by Crippen LogP contribution is 2.47. The van der Waals surface area contributed by atoms with Gasteiger partial charge in [-0.05, 0) is 62.0 Å². The molecule has 1 spiro atoms. The van der Waals surface area contributed by atoms with Crippen LogP contribution in [0.15, 0.2) is 47.1 Å². The Morgan fingerprint density at radius 1 is 1.12 bits per heavy atom. The van der Waals surface area contributed by atoms with Crippen LogP contribution in [-0.4, -0.2) is 64.7 Å². The maximum Gasteiger partial charge on any atom is 0.316 e. The van der Waals surface area contributed by atoms with E-state index in [9.17, 15) is 15.0 Å². The summed E-state index contributed by atoms with van der Waals surface area (Å²) in [7, 11) is 0. The number of carbonyl (C=O) groups excluding carboxylic acids is 1. The molecule has 4 heterocycles. The van der Waals surface area contributed by atoms with Crippen LogP contribution in [0.25, 0.3) is 0 Å². The molecule has 0 aromatic rings. The topological polar surface area (TPSA) is 94.5 Å². The third-order valence-corrected chi connectivity index (χ3v) is 9.67. The normalized spacial score (nSPS) is 44.5. The van der Waals surface area contributed by atoms with Crippen LogP contribution in [-0.2, 0) is 23.7 Å². The van der Waals surface area contributed by atoms with Crippen molar-refractivity contribution >= 4 is 5.97 Å². The van der Waals surface area contributed by atoms with Gasteiger partial charge in [0.05, 0.1) is 18.8 Å². The SMILES string of the molecule is CC1=CC[C@@H]2C[C@@H](C[C@]3(CC[C@H](C)[C@@H](C(C)C)O3)O2)OC(=O)[C@@H]2C=C(C)[C@@H](O)[C@H]3OCC(=CC=C[C@H](C)C1)[C@]32O. The lowest BCUT2D eigenvalue weighted by atomic mass is 9.71. The van der Waals surface area contributed by atoms with Crippen molar-refractivity contribution in [3.63, 3.8) is 0 Å². The Bertz CT molecular complexity index is 1090. The highest BCUT2D eigenvalue weighted by atomic mass is 16.7. The lowest BCUT2D eigenvalue weighted by molar-refractivity contribution is -0.340. The standard InChI is InChI=1S/C33H48O7/c1-19(2)29-22(5)12-13-32(40-29)17-26-16-25(39-32)11-10-21(4)14-20(3)8-7-9-24-18-37-30-28(34)23(6)15-27(31(35)38-26)33(24,30)36/h7-10,15,19-20,22,25-30,34,36H,11-14,16-18H2,1-6H3/t20-,22-,25+,26-,27-,28+,29+,30+,32+,33+/m0/s1. The number of esters is 1. The Morgan fingerprint density at radius 2 is 1.90 bits per heavy atom. The van der Waals surface area contributed by atoms with E-state index in [1.54, 1.807) is 13.0 Å². The van der Waals surface area contributed by atoms with Crippen LogP contribution in [0.3, 0.4) is 0 Å². The van der Waals surface area contributed by atoms with Crippen LogP contribution >= 0.6 is 0 Å². The Morgan fingerprint density at radius 3 is 2.65 bits per heavy atom. The molecule has 0 saturated carbocycles. The number of allylic oxidation sites excluding steroid dienone is 4. The first kappa shape index (κ1) is 29.7. The first-order valence-corrected chi connectivity index (χ1v) is 15.2. The van der Waals surface area contributed by atoms with Gasteiger partial charge in [0.1, 0.15) is 29.8 Å². The quantitative estimate of drug-likeness (QED) is 0.340. The Labute approximate surface area is 239 Å². The number of carbonyl (C=O) groups is 1. The van der Waals surface area contributed by atoms with Gasteiger partial charge in [0, 0.05) is 19.3 Å². The van der Waals surface area contributed by atoms with E-state index in [-0.39, 0.29) is 24.7 Å². The van der Waals surface area contributed by atoms with E-state index >= 15 is 0 Å². The number of hydrogen-bond donors (Lipinski definition) is 2. The average molecular weight is 557 g/mol. The molecule has 2 bridgehead atoms. The summed E-state index contributed by atoms with van der Waals surface area (Å²) in [6.45, 7) is 12.8. The molecule has 3 fully saturated rings. The van der Waals surface area contributed by atoms with Gasteiger partial charge in [0.25, 0.3) is 0 Å². The minimum Gasteiger partial charge on any atom is -0.462 e. The largest absolute Gasteiger partial charge is 0.462 e. The minimum atomic E-state index is -1.68. The van der Waals surface area contributed by atoms with Gasteiger partial charge in [0.15, 0.2) is 5.79 Å². The van der Waals surface area contributed by atoms with Gasteiger partial charge in [0.2, 0.25) is 0 Å². The van der Waals surface area contributed by atoms with Crippen molar-refractivity contribution in [1.82, 2.24) is 0 Å². The molecule has 10 atom stereocenters. The predicted octanol–water partition coefficient (Wildman–Crippen LogP) is 5.17. The maximum atomic E-state index is 13.9. The summed E-state index contributed by atoms with van der Waals surface area (Å²) < 4.78 is 25.6. The Hall–Kier alpha value is -1.77. The summed E-state index contributed by atoms with van der Waals surface area (Å²) in [5, 5.41) is 22.9. The maximum absolute atomic E-state index is 13.9. The summed E-state index contributed by atoms with van der Waals surface area (Å²) in [5.41, 5.74) is 0.780. The van der Waals surface area contributed by atoms with E-state index in [2.05, 4.69) is 46.8 Å². The second-order valence-corrected chi connectivity index (χ2v) is 13.4. The number of aliphatic hydroxyl groups excluding tert-OH is 1. The molecular formula is C33H48O7. The van der Waals surface area contributed by atoms with Crippen molar-refractivity contribution in [2.75, 3.05) is 6.61 Å². The zero-order valence-electron chi connectivity index (χ0n) is 25.0. The molecule has 222 valence electrons. The van der Waals surface area contributed by atoms with Crippen molar-refractivity contribution in [2.45, 2.75) is 122 Å². The molecule has 5 rings (SSSR count). The third-order valence-electron chi connectivity index (χ3n) is 9.67. The lowest BCUT2D eigenvalue weighted by Crippen LogP contribution is -2.58. The summed E-state index contributed by atoms with van der Waals surface area (Å²) in [4.78, 5) is 13.9. The van der Waals surface area contributed by atoms with Crippen molar-refractivity contribution in [3.8, 4) is 0 Å². The first-order valence-electron chi connectivity index (χ1n) is 15.2. The van der Waals surface area contributed by atoms with E-state index < -0.39 is 41.6 Å².